The third-order valence-corrected chi connectivity index (χ3v) is 8.17. The topological polar surface area (TPSA) is 43.0 Å². The second kappa shape index (κ2) is 17.8. The number of nitrogens with one attached hydrogen (secondary N) is 1. The predicted octanol–water partition coefficient (Wildman–Crippen LogP) is 7.33. The largest absolute Gasteiger partial charge is 0.379 e. The first-order chi connectivity index (χ1) is 18.9. The molecule has 0 amide bonds. The summed E-state index contributed by atoms with van der Waals surface area (Å²) in [6.45, 7) is 2.76. The molecule has 38 heavy (non-hydrogen) atoms. The normalized spacial score (nSPS) is 33.3. The van der Waals surface area contributed by atoms with Gasteiger partial charge >= 0.3 is 0 Å². The molecule has 5 nitrogen and oxygen atoms in total. The van der Waals surface area contributed by atoms with E-state index in [1.807, 2.05) is 0 Å². The van der Waals surface area contributed by atoms with Crippen LogP contribution in [0.1, 0.15) is 96.3 Å². The SMILES string of the molecule is C1=CCCCCCCC2C=CC(C=CCCC3CCCC(C=CN4CCCCC4COCCC=C1)O3)ON2. The van der Waals surface area contributed by atoms with Gasteiger partial charge in [0.05, 0.1) is 37.5 Å². The molecule has 2 fully saturated rings. The maximum atomic E-state index is 6.47. The molecule has 1 N–H and O–H groups in total. The Morgan fingerprint density at radius 1 is 0.684 bits per heavy atom. The number of ether oxygens (including phenoxy) is 2. The van der Waals surface area contributed by atoms with Crippen LogP contribution in [0.25, 0.3) is 0 Å². The molecule has 0 saturated carbocycles. The number of rotatable bonds is 0. The van der Waals surface area contributed by atoms with Crippen LogP contribution < -0.4 is 5.48 Å². The fourth-order valence-electron chi connectivity index (χ4n) is 5.85. The molecule has 212 valence electrons. The van der Waals surface area contributed by atoms with E-state index in [2.05, 4.69) is 71.3 Å². The van der Waals surface area contributed by atoms with Crippen molar-refractivity contribution < 1.29 is 14.3 Å². The molecule has 0 radical (unpaired) electrons. The fourth-order valence-corrected chi connectivity index (χ4v) is 5.85. The summed E-state index contributed by atoms with van der Waals surface area (Å²) in [6.07, 6.45) is 40.9. The molecule has 0 spiro atoms. The van der Waals surface area contributed by atoms with Gasteiger partial charge in [0.25, 0.3) is 0 Å². The number of hydrogen-bond acceptors (Lipinski definition) is 5. The summed E-state index contributed by atoms with van der Waals surface area (Å²) in [5, 5.41) is 0. The quantitative estimate of drug-likeness (QED) is 0.336. The molecule has 4 bridgehead atoms. The summed E-state index contributed by atoms with van der Waals surface area (Å²) in [5.74, 6) is 0. The van der Waals surface area contributed by atoms with Crippen LogP contribution in [0.5, 0.6) is 0 Å². The van der Waals surface area contributed by atoms with Gasteiger partial charge in [0.1, 0.15) is 6.10 Å². The average molecular weight is 525 g/mol. The minimum Gasteiger partial charge on any atom is -0.379 e. The summed E-state index contributed by atoms with van der Waals surface area (Å²) in [6, 6.07) is 0.829. The van der Waals surface area contributed by atoms with Gasteiger partial charge in [-0.15, -0.1) is 0 Å². The zero-order valence-corrected chi connectivity index (χ0v) is 23.6. The van der Waals surface area contributed by atoms with Crippen molar-refractivity contribution in [3.8, 4) is 0 Å². The first-order valence-electron chi connectivity index (χ1n) is 15.6. The van der Waals surface area contributed by atoms with Crippen LogP contribution >= 0.6 is 0 Å². The number of hydroxylamine groups is 1. The lowest BCUT2D eigenvalue weighted by Gasteiger charge is -2.35. The van der Waals surface area contributed by atoms with Gasteiger partial charge in [-0.2, -0.15) is 5.48 Å². The van der Waals surface area contributed by atoms with Crippen molar-refractivity contribution in [1.82, 2.24) is 10.4 Å². The van der Waals surface area contributed by atoms with E-state index in [-0.39, 0.29) is 12.2 Å². The third-order valence-electron chi connectivity index (χ3n) is 8.17. The molecule has 5 atom stereocenters. The van der Waals surface area contributed by atoms with Crippen molar-refractivity contribution >= 4 is 0 Å². The molecule has 2 saturated heterocycles. The molecule has 0 aromatic heterocycles. The van der Waals surface area contributed by atoms with Crippen molar-refractivity contribution in [3.05, 3.63) is 60.9 Å². The van der Waals surface area contributed by atoms with Gasteiger partial charge in [0, 0.05) is 6.54 Å². The van der Waals surface area contributed by atoms with Crippen LogP contribution in [0, 0.1) is 0 Å². The minimum atomic E-state index is 0.0348. The van der Waals surface area contributed by atoms with Crippen LogP contribution in [-0.2, 0) is 14.3 Å². The van der Waals surface area contributed by atoms with E-state index < -0.39 is 0 Å². The van der Waals surface area contributed by atoms with Gasteiger partial charge in [-0.05, 0) is 89.3 Å². The molecule has 5 aliphatic rings. The summed E-state index contributed by atoms with van der Waals surface area (Å²) < 4.78 is 12.6. The Hall–Kier alpha value is -1.66. The Morgan fingerprint density at radius 2 is 1.58 bits per heavy atom. The van der Waals surface area contributed by atoms with E-state index >= 15 is 0 Å². The van der Waals surface area contributed by atoms with E-state index in [0.717, 1.165) is 58.3 Å². The van der Waals surface area contributed by atoms with Crippen molar-refractivity contribution in [2.45, 2.75) is 127 Å². The monoisotopic (exact) mass is 524 g/mol. The number of allylic oxidation sites excluding steroid dienone is 4. The molecular weight excluding hydrogens is 472 g/mol. The number of nitrogens with zero attached hydrogens (tertiary/aromatic N) is 1. The van der Waals surface area contributed by atoms with Crippen LogP contribution in [0.2, 0.25) is 0 Å². The maximum Gasteiger partial charge on any atom is 0.115 e. The standard InChI is InChI=1S/C33H52N2O3/c1-2-4-6-8-14-27-36-28-30-17-12-13-25-35(30)26-24-32-21-15-20-31(37-32)18-10-11-19-33-23-22-29(34-38-33)16-9-7-5-3-1/h2,4,6,8,11,19,22-24,26,29-34H,1,3,5,7,9-10,12-18,20-21,25,27-28H2. The zero-order chi connectivity index (χ0) is 26.1. The van der Waals surface area contributed by atoms with Crippen molar-refractivity contribution in [1.29, 1.82) is 0 Å². The Labute approximate surface area is 232 Å². The molecule has 5 aliphatic heterocycles. The lowest BCUT2D eigenvalue weighted by atomic mass is 10.00. The van der Waals surface area contributed by atoms with E-state index in [1.54, 1.807) is 0 Å². The molecule has 5 rings (SSSR count). The highest BCUT2D eigenvalue weighted by atomic mass is 16.7. The second-order valence-electron chi connectivity index (χ2n) is 11.4. The summed E-state index contributed by atoms with van der Waals surface area (Å²) in [4.78, 5) is 8.37. The second-order valence-corrected chi connectivity index (χ2v) is 11.4. The number of piperidine rings is 1. The lowest BCUT2D eigenvalue weighted by molar-refractivity contribution is -0.0293. The molecule has 5 unspecified atom stereocenters. The Kier molecular flexibility index (Phi) is 13.8. The minimum absolute atomic E-state index is 0.0348. The molecule has 5 heteroatoms. The van der Waals surface area contributed by atoms with Crippen LogP contribution in [-0.4, -0.2) is 55.1 Å². The highest BCUT2D eigenvalue weighted by Crippen LogP contribution is 2.25. The van der Waals surface area contributed by atoms with Gasteiger partial charge in [-0.3, -0.25) is 4.84 Å². The first kappa shape index (κ1) is 29.3. The molecule has 0 aliphatic carbocycles. The highest BCUT2D eigenvalue weighted by Gasteiger charge is 2.23. The smallest absolute Gasteiger partial charge is 0.115 e. The summed E-state index contributed by atoms with van der Waals surface area (Å²) >= 11 is 0. The molecular formula is C33H52N2O3. The van der Waals surface area contributed by atoms with Gasteiger partial charge in [0.2, 0.25) is 0 Å². The van der Waals surface area contributed by atoms with Crippen molar-refractivity contribution in [3.63, 3.8) is 0 Å². The van der Waals surface area contributed by atoms with Gasteiger partial charge in [0.15, 0.2) is 0 Å². The van der Waals surface area contributed by atoms with E-state index in [1.165, 1.54) is 57.8 Å². The molecule has 0 aromatic rings. The molecule has 0 aromatic carbocycles. The van der Waals surface area contributed by atoms with Crippen molar-refractivity contribution in [2.24, 2.45) is 0 Å². The number of fused-ring (bicyclic) bond motifs is 14. The van der Waals surface area contributed by atoms with Crippen molar-refractivity contribution in [2.75, 3.05) is 19.8 Å². The van der Waals surface area contributed by atoms with E-state index in [9.17, 15) is 0 Å². The van der Waals surface area contributed by atoms with Gasteiger partial charge < -0.3 is 14.4 Å². The Morgan fingerprint density at radius 3 is 2.50 bits per heavy atom. The summed E-state index contributed by atoms with van der Waals surface area (Å²) in [5.41, 5.74) is 3.25. The van der Waals surface area contributed by atoms with E-state index in [4.69, 9.17) is 14.3 Å². The van der Waals surface area contributed by atoms with Crippen LogP contribution in [0.3, 0.4) is 0 Å². The third kappa shape index (κ3) is 11.2. The highest BCUT2D eigenvalue weighted by molar-refractivity contribution is 5.08. The first-order valence-corrected chi connectivity index (χ1v) is 15.6. The Bertz CT molecular complexity index is 789. The van der Waals surface area contributed by atoms with Gasteiger partial charge in [-0.25, -0.2) is 0 Å². The van der Waals surface area contributed by atoms with Crippen LogP contribution in [0.15, 0.2) is 60.9 Å². The maximum absolute atomic E-state index is 6.47. The Balaban J connectivity index is 1.28. The average Bonchev–Trinajstić information content (AvgIpc) is 2.95. The predicted molar refractivity (Wildman–Crippen MR) is 157 cm³/mol. The molecule has 5 heterocycles. The van der Waals surface area contributed by atoms with E-state index in [0.29, 0.717) is 18.2 Å². The zero-order valence-electron chi connectivity index (χ0n) is 23.6. The van der Waals surface area contributed by atoms with Gasteiger partial charge in [-0.1, -0.05) is 67.9 Å². The number of hydrogen-bond donors (Lipinski definition) is 1. The fraction of sp³-hybridized carbons (Fsp3) is 0.697. The summed E-state index contributed by atoms with van der Waals surface area (Å²) in [7, 11) is 0. The van der Waals surface area contributed by atoms with Crippen LogP contribution in [0.4, 0.5) is 0 Å². The lowest BCUT2D eigenvalue weighted by Crippen LogP contribution is -2.39.